The van der Waals surface area contributed by atoms with Crippen LogP contribution in [0.15, 0.2) is 36.4 Å². The summed E-state index contributed by atoms with van der Waals surface area (Å²) in [5.41, 5.74) is -0.782. The van der Waals surface area contributed by atoms with E-state index in [-0.39, 0.29) is 19.6 Å². The van der Waals surface area contributed by atoms with Crippen LogP contribution in [0.5, 0.6) is 0 Å². The molecule has 0 unspecified atom stereocenters. The van der Waals surface area contributed by atoms with Crippen LogP contribution in [0.2, 0.25) is 0 Å². The lowest BCUT2D eigenvalue weighted by molar-refractivity contribution is 0.0408. The maximum atomic E-state index is 13.9. The number of rotatable bonds is 2. The van der Waals surface area contributed by atoms with E-state index < -0.39 is 52.3 Å². The molecule has 1 atom stereocenters. The lowest BCUT2D eigenvalue weighted by Crippen LogP contribution is -2.55. The Kier molecular flexibility index (Phi) is 5.16. The van der Waals surface area contributed by atoms with Gasteiger partial charge in [-0.15, -0.1) is 0 Å². The van der Waals surface area contributed by atoms with E-state index in [9.17, 15) is 27.2 Å². The molecule has 3 rings (SSSR count). The molecule has 0 aliphatic carbocycles. The van der Waals surface area contributed by atoms with E-state index in [0.29, 0.717) is 0 Å². The van der Waals surface area contributed by atoms with Crippen LogP contribution in [0.4, 0.5) is 17.6 Å². The molecule has 8 heteroatoms. The number of carbonyl (C=O) groups excluding carboxylic acids is 2. The zero-order chi connectivity index (χ0) is 19.7. The lowest BCUT2D eigenvalue weighted by atomic mass is 10.1. The van der Waals surface area contributed by atoms with Gasteiger partial charge in [-0.25, -0.2) is 17.6 Å². The summed E-state index contributed by atoms with van der Waals surface area (Å²) in [4.78, 5) is 27.6. The molecule has 1 heterocycles. The molecule has 2 aromatic carbocycles. The van der Waals surface area contributed by atoms with Crippen molar-refractivity contribution in [3.63, 3.8) is 0 Å². The third-order valence-electron chi connectivity index (χ3n) is 4.54. The number of benzene rings is 2. The van der Waals surface area contributed by atoms with Gasteiger partial charge in [0.25, 0.3) is 11.8 Å². The number of amides is 2. The average molecular weight is 380 g/mol. The van der Waals surface area contributed by atoms with Crippen LogP contribution < -0.4 is 0 Å². The Morgan fingerprint density at radius 1 is 0.852 bits per heavy atom. The fraction of sp³-hybridized carbons (Fsp3) is 0.263. The molecule has 1 aliphatic rings. The molecule has 0 spiro atoms. The second-order valence-corrected chi connectivity index (χ2v) is 6.30. The van der Waals surface area contributed by atoms with E-state index in [0.717, 1.165) is 12.1 Å². The van der Waals surface area contributed by atoms with Gasteiger partial charge in [0.15, 0.2) is 23.3 Å². The van der Waals surface area contributed by atoms with Crippen molar-refractivity contribution in [1.82, 2.24) is 9.80 Å². The monoisotopic (exact) mass is 380 g/mol. The third-order valence-corrected chi connectivity index (χ3v) is 4.54. The second-order valence-electron chi connectivity index (χ2n) is 6.30. The predicted octanol–water partition coefficient (Wildman–Crippen LogP) is 3.23. The summed E-state index contributed by atoms with van der Waals surface area (Å²) in [6, 6.07) is 6.16. The van der Waals surface area contributed by atoms with Crippen molar-refractivity contribution < 1.29 is 27.2 Å². The Morgan fingerprint density at radius 3 is 1.89 bits per heavy atom. The number of piperazine rings is 1. The number of nitrogens with zero attached hydrogens (tertiary/aromatic N) is 2. The largest absolute Gasteiger partial charge is 0.335 e. The standard InChI is InChI=1S/C19H16F4N2O2/c1-11-10-24(18(26)12-4-2-6-14(20)16(12)22)8-9-25(11)19(27)13-5-3-7-15(21)17(13)23/h2-7,11H,8-10H2,1H3/t11-/m0/s1. The van der Waals surface area contributed by atoms with Crippen LogP contribution >= 0.6 is 0 Å². The topological polar surface area (TPSA) is 40.6 Å². The molecular weight excluding hydrogens is 364 g/mol. The van der Waals surface area contributed by atoms with Crippen molar-refractivity contribution in [3.05, 3.63) is 70.8 Å². The molecule has 0 aromatic heterocycles. The molecule has 4 nitrogen and oxygen atoms in total. The van der Waals surface area contributed by atoms with E-state index in [1.165, 1.54) is 34.1 Å². The number of hydrogen-bond donors (Lipinski definition) is 0. The minimum atomic E-state index is -1.23. The first-order valence-electron chi connectivity index (χ1n) is 8.29. The zero-order valence-electron chi connectivity index (χ0n) is 14.4. The van der Waals surface area contributed by atoms with Crippen LogP contribution in [-0.4, -0.2) is 47.3 Å². The van der Waals surface area contributed by atoms with Gasteiger partial charge in [0.1, 0.15) is 0 Å². The normalized spacial score (nSPS) is 17.1. The Balaban J connectivity index is 1.76. The molecule has 0 radical (unpaired) electrons. The highest BCUT2D eigenvalue weighted by Crippen LogP contribution is 2.20. The molecule has 27 heavy (non-hydrogen) atoms. The highest BCUT2D eigenvalue weighted by Gasteiger charge is 2.33. The fourth-order valence-corrected chi connectivity index (χ4v) is 3.11. The number of hydrogen-bond acceptors (Lipinski definition) is 2. The van der Waals surface area contributed by atoms with Crippen LogP contribution in [0.3, 0.4) is 0 Å². The molecule has 1 aliphatic heterocycles. The van der Waals surface area contributed by atoms with Crippen molar-refractivity contribution in [1.29, 1.82) is 0 Å². The fourth-order valence-electron chi connectivity index (χ4n) is 3.11. The first-order chi connectivity index (χ1) is 12.8. The van der Waals surface area contributed by atoms with Gasteiger partial charge in [-0.3, -0.25) is 9.59 Å². The van der Waals surface area contributed by atoms with E-state index in [2.05, 4.69) is 0 Å². The van der Waals surface area contributed by atoms with Crippen LogP contribution in [0.25, 0.3) is 0 Å². The lowest BCUT2D eigenvalue weighted by Gasteiger charge is -2.40. The Bertz CT molecular complexity index is 903. The average Bonchev–Trinajstić information content (AvgIpc) is 2.65. The number of carbonyl (C=O) groups is 2. The van der Waals surface area contributed by atoms with Crippen molar-refractivity contribution >= 4 is 11.8 Å². The summed E-state index contributed by atoms with van der Waals surface area (Å²) in [7, 11) is 0. The van der Waals surface area contributed by atoms with Crippen molar-refractivity contribution in [3.8, 4) is 0 Å². The van der Waals surface area contributed by atoms with Gasteiger partial charge >= 0.3 is 0 Å². The molecule has 1 saturated heterocycles. The SMILES string of the molecule is C[C@H]1CN(C(=O)c2cccc(F)c2F)CCN1C(=O)c1cccc(F)c1F. The van der Waals surface area contributed by atoms with E-state index >= 15 is 0 Å². The van der Waals surface area contributed by atoms with Gasteiger partial charge in [0, 0.05) is 25.7 Å². The van der Waals surface area contributed by atoms with E-state index in [4.69, 9.17) is 0 Å². The van der Waals surface area contributed by atoms with Crippen molar-refractivity contribution in [2.45, 2.75) is 13.0 Å². The molecule has 0 bridgehead atoms. The van der Waals surface area contributed by atoms with Gasteiger partial charge in [0.2, 0.25) is 0 Å². The number of halogens is 4. The molecule has 2 aromatic rings. The van der Waals surface area contributed by atoms with E-state index in [1.807, 2.05) is 0 Å². The van der Waals surface area contributed by atoms with Gasteiger partial charge in [-0.1, -0.05) is 12.1 Å². The third kappa shape index (κ3) is 3.51. The quantitative estimate of drug-likeness (QED) is 0.751. The maximum absolute atomic E-state index is 13.9. The van der Waals surface area contributed by atoms with Crippen LogP contribution in [0.1, 0.15) is 27.6 Å². The smallest absolute Gasteiger partial charge is 0.257 e. The molecule has 0 N–H and O–H groups in total. The highest BCUT2D eigenvalue weighted by molar-refractivity contribution is 5.96. The van der Waals surface area contributed by atoms with Gasteiger partial charge in [0.05, 0.1) is 11.1 Å². The van der Waals surface area contributed by atoms with Crippen LogP contribution in [0, 0.1) is 23.3 Å². The molecule has 0 saturated carbocycles. The Labute approximate surface area is 153 Å². The first kappa shape index (κ1) is 18.9. The summed E-state index contributed by atoms with van der Waals surface area (Å²) >= 11 is 0. The summed E-state index contributed by atoms with van der Waals surface area (Å²) in [6.07, 6.45) is 0. The first-order valence-corrected chi connectivity index (χ1v) is 8.29. The van der Waals surface area contributed by atoms with Gasteiger partial charge in [-0.2, -0.15) is 0 Å². The van der Waals surface area contributed by atoms with E-state index in [1.54, 1.807) is 6.92 Å². The second kappa shape index (κ2) is 7.38. The summed E-state index contributed by atoms with van der Waals surface area (Å²) in [6.45, 7) is 1.80. The van der Waals surface area contributed by atoms with Gasteiger partial charge in [-0.05, 0) is 31.2 Å². The predicted molar refractivity (Wildman–Crippen MR) is 89.1 cm³/mol. The maximum Gasteiger partial charge on any atom is 0.257 e. The summed E-state index contributed by atoms with van der Waals surface area (Å²) < 4.78 is 54.4. The molecular formula is C19H16F4N2O2. The highest BCUT2D eigenvalue weighted by atomic mass is 19.2. The summed E-state index contributed by atoms with van der Waals surface area (Å²) in [5.74, 6) is -6.08. The minimum Gasteiger partial charge on any atom is -0.335 e. The zero-order valence-corrected chi connectivity index (χ0v) is 14.4. The minimum absolute atomic E-state index is 0.0530. The van der Waals surface area contributed by atoms with Crippen molar-refractivity contribution in [2.24, 2.45) is 0 Å². The Hall–Kier alpha value is -2.90. The van der Waals surface area contributed by atoms with Crippen LogP contribution in [-0.2, 0) is 0 Å². The van der Waals surface area contributed by atoms with Crippen molar-refractivity contribution in [2.75, 3.05) is 19.6 Å². The van der Waals surface area contributed by atoms with Gasteiger partial charge < -0.3 is 9.80 Å². The molecule has 1 fully saturated rings. The summed E-state index contributed by atoms with van der Waals surface area (Å²) in [5, 5.41) is 0. The Morgan fingerprint density at radius 2 is 1.37 bits per heavy atom. The molecule has 142 valence electrons. The molecule has 2 amide bonds.